The Morgan fingerprint density at radius 3 is 2.49 bits per heavy atom. The number of benzene rings is 1. The molecule has 5 atom stereocenters. The Hall–Kier alpha value is -4.60. The fraction of sp³-hybridized carbons (Fsp3) is 0.615. The van der Waals surface area contributed by atoms with E-state index in [-0.39, 0.29) is 44.5 Å². The summed E-state index contributed by atoms with van der Waals surface area (Å²) in [6.45, 7) is 9.99. The summed E-state index contributed by atoms with van der Waals surface area (Å²) in [6.07, 6.45) is 7.49. The van der Waals surface area contributed by atoms with Crippen molar-refractivity contribution in [3.8, 4) is 5.75 Å². The summed E-state index contributed by atoms with van der Waals surface area (Å²) >= 11 is 0. The summed E-state index contributed by atoms with van der Waals surface area (Å²) in [4.78, 5) is 72.0. The van der Waals surface area contributed by atoms with E-state index in [9.17, 15) is 32.4 Å². The van der Waals surface area contributed by atoms with Crippen molar-refractivity contribution in [2.75, 3.05) is 19.8 Å². The van der Waals surface area contributed by atoms with Crippen LogP contribution in [0, 0.1) is 16.7 Å². The van der Waals surface area contributed by atoms with Crippen molar-refractivity contribution in [1.82, 2.24) is 25.2 Å². The summed E-state index contributed by atoms with van der Waals surface area (Å²) in [5, 5.41) is 4.84. The molecule has 298 valence electrons. The second-order valence-electron chi connectivity index (χ2n) is 17.0. The standard InChI is InChI=1S/C39H51N5O10S/c1-5-25-19-39(25,34(47)42-55(50,51)27-12-13-27)41-32(45)29-18-26-21-44(29)33(46)31(37(2,3)4)40-35(48)53-23-38(15-16-38)14-7-6-8-17-52-30-11-9-10-24-20-43(22-28(24)30)36(49)54-26/h5-6,8-11,25-27,29,31H,1,7,12-23H2,2-4H3,(H,40,48)(H,41,45)(H,42,47)/t25-,26+,29-,31+,39-/m0/s1. The quantitative estimate of drug-likeness (QED) is 0.361. The maximum atomic E-state index is 14.5. The Balaban J connectivity index is 1.15. The highest BCUT2D eigenvalue weighted by Crippen LogP contribution is 2.50. The topological polar surface area (TPSA) is 190 Å². The smallest absolute Gasteiger partial charge is 0.410 e. The van der Waals surface area contributed by atoms with E-state index in [1.807, 2.05) is 24.3 Å². The zero-order chi connectivity index (χ0) is 39.3. The molecule has 4 fully saturated rings. The van der Waals surface area contributed by atoms with E-state index in [4.69, 9.17) is 14.2 Å². The number of nitrogens with one attached hydrogen (secondary N) is 3. The van der Waals surface area contributed by atoms with Gasteiger partial charge in [0.15, 0.2) is 0 Å². The molecule has 15 nitrogen and oxygen atoms in total. The van der Waals surface area contributed by atoms with Crippen molar-refractivity contribution >= 4 is 39.9 Å². The largest absolute Gasteiger partial charge is 0.489 e. The van der Waals surface area contributed by atoms with Crippen LogP contribution < -0.4 is 20.1 Å². The molecule has 3 N–H and O–H groups in total. The molecule has 3 aliphatic carbocycles. The molecule has 5 amide bonds. The second kappa shape index (κ2) is 14.5. The van der Waals surface area contributed by atoms with Crippen LogP contribution >= 0.6 is 0 Å². The van der Waals surface area contributed by atoms with Crippen LogP contribution in [0.4, 0.5) is 9.59 Å². The zero-order valence-corrected chi connectivity index (χ0v) is 32.5. The Bertz CT molecular complexity index is 1900. The lowest BCUT2D eigenvalue weighted by Gasteiger charge is -2.35. The Morgan fingerprint density at radius 2 is 1.82 bits per heavy atom. The van der Waals surface area contributed by atoms with Crippen LogP contribution in [0.2, 0.25) is 0 Å². The molecular weight excluding hydrogens is 731 g/mol. The summed E-state index contributed by atoms with van der Waals surface area (Å²) in [6, 6.07) is 3.29. The van der Waals surface area contributed by atoms with Gasteiger partial charge in [0.25, 0.3) is 5.91 Å². The minimum absolute atomic E-state index is 0.106. The number of cyclic esters (lactones) is 1. The second-order valence-corrected chi connectivity index (χ2v) is 19.0. The predicted molar refractivity (Wildman–Crippen MR) is 199 cm³/mol. The number of carbonyl (C=O) groups is 5. The number of hydrogen-bond donors (Lipinski definition) is 3. The van der Waals surface area contributed by atoms with Gasteiger partial charge in [-0.2, -0.15) is 0 Å². The predicted octanol–water partition coefficient (Wildman–Crippen LogP) is 3.43. The molecular formula is C39H51N5O10S. The number of nitrogens with zero attached hydrogens (tertiary/aromatic N) is 2. The Labute approximate surface area is 321 Å². The van der Waals surface area contributed by atoms with E-state index in [2.05, 4.69) is 28.0 Å². The molecule has 0 radical (unpaired) electrons. The van der Waals surface area contributed by atoms with Gasteiger partial charge in [-0.25, -0.2) is 18.0 Å². The highest BCUT2D eigenvalue weighted by atomic mass is 32.2. The molecule has 1 spiro atoms. The number of hydrogen-bond acceptors (Lipinski definition) is 10. The van der Waals surface area contributed by atoms with Crippen molar-refractivity contribution in [1.29, 1.82) is 0 Å². The summed E-state index contributed by atoms with van der Waals surface area (Å²) in [5.41, 5.74) is -0.767. The maximum Gasteiger partial charge on any atom is 0.410 e. The molecule has 1 aromatic carbocycles. The van der Waals surface area contributed by atoms with Crippen LogP contribution in [0.3, 0.4) is 0 Å². The first kappa shape index (κ1) is 38.7. The molecule has 55 heavy (non-hydrogen) atoms. The lowest BCUT2D eigenvalue weighted by atomic mass is 9.85. The zero-order valence-electron chi connectivity index (χ0n) is 31.6. The van der Waals surface area contributed by atoms with Crippen LogP contribution in [-0.4, -0.2) is 96.9 Å². The van der Waals surface area contributed by atoms with Gasteiger partial charge >= 0.3 is 12.2 Å². The normalized spacial score (nSPS) is 29.5. The van der Waals surface area contributed by atoms with Gasteiger partial charge in [0.2, 0.25) is 21.8 Å². The summed E-state index contributed by atoms with van der Waals surface area (Å²) in [5.74, 6) is -2.08. The molecule has 0 unspecified atom stereocenters. The fourth-order valence-corrected chi connectivity index (χ4v) is 9.18. The number of alkyl carbamates (subject to hydrolysis) is 1. The van der Waals surface area contributed by atoms with Gasteiger partial charge in [0.05, 0.1) is 24.9 Å². The van der Waals surface area contributed by atoms with Crippen LogP contribution in [0.1, 0.15) is 83.3 Å². The van der Waals surface area contributed by atoms with E-state index < -0.39 is 80.2 Å². The SMILES string of the molecule is C=C[C@H]1C[C@@]1(NC(=O)[C@@H]1C[C@@H]2CN1C(=O)[C@H](C(C)(C)C)NC(=O)OCC1(CCC=CCOc3cccc4c3CN(C4)C(=O)O2)CC1)C(=O)NS(=O)(=O)C1CC1. The lowest BCUT2D eigenvalue weighted by Crippen LogP contribution is -2.60. The van der Waals surface area contributed by atoms with Crippen molar-refractivity contribution in [2.24, 2.45) is 16.7 Å². The minimum atomic E-state index is -3.92. The van der Waals surface area contributed by atoms with Crippen LogP contribution in [0.5, 0.6) is 5.75 Å². The van der Waals surface area contributed by atoms with Crippen LogP contribution in [0.15, 0.2) is 43.0 Å². The molecule has 6 aliphatic rings. The van der Waals surface area contributed by atoms with Gasteiger partial charge in [-0.3, -0.25) is 24.0 Å². The number of sulfonamides is 1. The van der Waals surface area contributed by atoms with Gasteiger partial charge in [-0.15, -0.1) is 6.58 Å². The van der Waals surface area contributed by atoms with Gasteiger partial charge in [-0.1, -0.05) is 51.1 Å². The molecule has 1 saturated heterocycles. The molecule has 3 aliphatic heterocycles. The molecule has 1 aromatic rings. The highest BCUT2D eigenvalue weighted by molar-refractivity contribution is 7.91. The Morgan fingerprint density at radius 1 is 1.05 bits per heavy atom. The van der Waals surface area contributed by atoms with E-state index in [0.29, 0.717) is 25.2 Å². The van der Waals surface area contributed by atoms with Crippen molar-refractivity contribution < 1.29 is 46.6 Å². The maximum absolute atomic E-state index is 14.5. The molecule has 3 saturated carbocycles. The number of fused-ring (bicyclic) bond motifs is 3. The van der Waals surface area contributed by atoms with Crippen LogP contribution in [-0.2, 0) is 47.0 Å². The van der Waals surface area contributed by atoms with Gasteiger partial charge in [0, 0.05) is 29.9 Å². The third-order valence-electron chi connectivity index (χ3n) is 11.7. The van der Waals surface area contributed by atoms with Crippen LogP contribution in [0.25, 0.3) is 0 Å². The van der Waals surface area contributed by atoms with Gasteiger partial charge in [-0.05, 0) is 62.0 Å². The van der Waals surface area contributed by atoms with E-state index in [1.165, 1.54) is 15.9 Å². The fourth-order valence-electron chi connectivity index (χ4n) is 7.82. The van der Waals surface area contributed by atoms with E-state index in [1.54, 1.807) is 20.8 Å². The Kier molecular flexibility index (Phi) is 10.2. The average molecular weight is 782 g/mol. The third-order valence-corrected chi connectivity index (χ3v) is 13.6. The third kappa shape index (κ3) is 8.19. The number of ether oxygens (including phenoxy) is 3. The number of amides is 5. The average Bonchev–Trinajstić information content (AvgIpc) is 4.08. The summed E-state index contributed by atoms with van der Waals surface area (Å²) < 4.78 is 45.3. The summed E-state index contributed by atoms with van der Waals surface area (Å²) in [7, 11) is -3.92. The van der Waals surface area contributed by atoms with Crippen molar-refractivity contribution in [3.05, 3.63) is 54.1 Å². The minimum Gasteiger partial charge on any atom is -0.489 e. The first-order valence-corrected chi connectivity index (χ1v) is 20.7. The van der Waals surface area contributed by atoms with Crippen molar-refractivity contribution in [2.45, 2.75) is 114 Å². The van der Waals surface area contributed by atoms with Gasteiger partial charge in [0.1, 0.15) is 36.1 Å². The van der Waals surface area contributed by atoms with Gasteiger partial charge < -0.3 is 29.7 Å². The van der Waals surface area contributed by atoms with E-state index >= 15 is 0 Å². The molecule has 3 heterocycles. The first-order valence-electron chi connectivity index (χ1n) is 19.1. The highest BCUT2D eigenvalue weighted by Gasteiger charge is 2.62. The molecule has 16 heteroatoms. The number of carbonyl (C=O) groups excluding carboxylic acids is 5. The number of allylic oxidation sites excluding steroid dienone is 1. The lowest BCUT2D eigenvalue weighted by molar-refractivity contribution is -0.143. The van der Waals surface area contributed by atoms with Crippen molar-refractivity contribution in [3.63, 3.8) is 0 Å². The monoisotopic (exact) mass is 781 g/mol. The first-order chi connectivity index (χ1) is 26.0. The molecule has 7 rings (SSSR count). The number of rotatable bonds is 6. The molecule has 4 bridgehead atoms. The van der Waals surface area contributed by atoms with E-state index in [0.717, 1.165) is 36.8 Å². The molecule has 0 aromatic heterocycles.